The van der Waals surface area contributed by atoms with E-state index in [0.717, 1.165) is 13.2 Å². The Hall–Kier alpha value is -0.980. The zero-order valence-corrected chi connectivity index (χ0v) is 9.24. The molecule has 0 aliphatic carbocycles. The van der Waals surface area contributed by atoms with Gasteiger partial charge in [0.25, 0.3) is 0 Å². The molecule has 1 unspecified atom stereocenters. The van der Waals surface area contributed by atoms with E-state index in [2.05, 4.69) is 18.2 Å². The van der Waals surface area contributed by atoms with E-state index < -0.39 is 0 Å². The fraction of sp³-hybridized carbons (Fsp3) is 0.417. The van der Waals surface area contributed by atoms with Crippen LogP contribution in [0.1, 0.15) is 17.2 Å². The van der Waals surface area contributed by atoms with Crippen molar-refractivity contribution in [3.63, 3.8) is 0 Å². The van der Waals surface area contributed by atoms with Gasteiger partial charge in [-0.3, -0.25) is 0 Å². The van der Waals surface area contributed by atoms with Crippen molar-refractivity contribution >= 4 is 11.8 Å². The van der Waals surface area contributed by atoms with Gasteiger partial charge in [0.1, 0.15) is 0 Å². The largest absolute Gasteiger partial charge is 0.379 e. The van der Waals surface area contributed by atoms with Gasteiger partial charge in [0, 0.05) is 5.25 Å². The van der Waals surface area contributed by atoms with E-state index in [1.165, 1.54) is 5.56 Å². The molecule has 1 saturated heterocycles. The number of thioether (sulfide) groups is 1. The molecule has 1 aromatic carbocycles. The first-order valence-electron chi connectivity index (χ1n) is 5.05. The molecule has 0 aromatic heterocycles. The predicted molar refractivity (Wildman–Crippen MR) is 61.6 cm³/mol. The Kier molecular flexibility index (Phi) is 3.65. The summed E-state index contributed by atoms with van der Waals surface area (Å²) in [7, 11) is 0. The molecule has 1 aliphatic heterocycles. The van der Waals surface area contributed by atoms with E-state index in [1.54, 1.807) is 0 Å². The average molecular weight is 219 g/mol. The maximum absolute atomic E-state index is 8.81. The normalized spacial score (nSPS) is 17.8. The van der Waals surface area contributed by atoms with Crippen molar-refractivity contribution in [2.75, 3.05) is 13.2 Å². The number of rotatable bonds is 4. The number of ether oxygens (including phenoxy) is 1. The van der Waals surface area contributed by atoms with E-state index in [0.29, 0.717) is 16.9 Å². The fourth-order valence-corrected chi connectivity index (χ4v) is 2.82. The Balaban J connectivity index is 2.02. The number of nitrogens with zero attached hydrogens (tertiary/aromatic N) is 1. The summed E-state index contributed by atoms with van der Waals surface area (Å²) in [5.41, 5.74) is 1.25. The summed E-state index contributed by atoms with van der Waals surface area (Å²) in [6.45, 7) is 1.67. The molecule has 2 nitrogen and oxygen atoms in total. The summed E-state index contributed by atoms with van der Waals surface area (Å²) < 4.78 is 5.15. The van der Waals surface area contributed by atoms with Gasteiger partial charge in [-0.15, -0.1) is 11.8 Å². The minimum Gasteiger partial charge on any atom is -0.379 e. The van der Waals surface area contributed by atoms with E-state index in [4.69, 9.17) is 10.00 Å². The Morgan fingerprint density at radius 1 is 1.40 bits per heavy atom. The van der Waals surface area contributed by atoms with Gasteiger partial charge in [-0.2, -0.15) is 5.26 Å². The van der Waals surface area contributed by atoms with Crippen LogP contribution in [0.3, 0.4) is 0 Å². The van der Waals surface area contributed by atoms with Crippen LogP contribution < -0.4 is 0 Å². The minimum atomic E-state index is 0.296. The Morgan fingerprint density at radius 3 is 2.67 bits per heavy atom. The van der Waals surface area contributed by atoms with E-state index in [9.17, 15) is 0 Å². The van der Waals surface area contributed by atoms with Crippen molar-refractivity contribution in [1.82, 2.24) is 0 Å². The van der Waals surface area contributed by atoms with Gasteiger partial charge in [0.05, 0.1) is 31.0 Å². The molecule has 0 bridgehead atoms. The lowest BCUT2D eigenvalue weighted by atomic mass is 10.1. The highest BCUT2D eigenvalue weighted by Crippen LogP contribution is 2.37. The third-order valence-electron chi connectivity index (χ3n) is 2.41. The zero-order chi connectivity index (χ0) is 10.5. The Morgan fingerprint density at radius 2 is 2.13 bits per heavy atom. The van der Waals surface area contributed by atoms with Crippen LogP contribution in [0.2, 0.25) is 0 Å². The molecule has 1 fully saturated rings. The van der Waals surface area contributed by atoms with Gasteiger partial charge < -0.3 is 4.74 Å². The quantitative estimate of drug-likeness (QED) is 0.780. The summed E-state index contributed by atoms with van der Waals surface area (Å²) in [5.74, 6) is 0. The topological polar surface area (TPSA) is 33.0 Å². The van der Waals surface area contributed by atoms with Crippen molar-refractivity contribution in [2.45, 2.75) is 16.9 Å². The molecule has 2 rings (SSSR count). The molecule has 78 valence electrons. The SMILES string of the molecule is N#CCC(SC1COC1)c1ccccc1. The third kappa shape index (κ3) is 2.74. The molecule has 3 heteroatoms. The van der Waals surface area contributed by atoms with Crippen molar-refractivity contribution in [3.8, 4) is 6.07 Å². The minimum absolute atomic E-state index is 0.296. The van der Waals surface area contributed by atoms with Crippen molar-refractivity contribution in [3.05, 3.63) is 35.9 Å². The highest BCUT2D eigenvalue weighted by molar-refractivity contribution is 8.00. The van der Waals surface area contributed by atoms with Crippen LogP contribution in [-0.2, 0) is 4.74 Å². The molecule has 1 aliphatic rings. The zero-order valence-electron chi connectivity index (χ0n) is 8.43. The van der Waals surface area contributed by atoms with Gasteiger partial charge in [-0.05, 0) is 5.56 Å². The number of benzene rings is 1. The fourth-order valence-electron chi connectivity index (χ4n) is 1.52. The van der Waals surface area contributed by atoms with Gasteiger partial charge in [-0.1, -0.05) is 30.3 Å². The lowest BCUT2D eigenvalue weighted by molar-refractivity contribution is 0.0453. The predicted octanol–water partition coefficient (Wildman–Crippen LogP) is 2.77. The molecule has 1 atom stereocenters. The lowest BCUT2D eigenvalue weighted by Crippen LogP contribution is -2.31. The molecular weight excluding hydrogens is 206 g/mol. The standard InChI is InChI=1S/C12H13NOS/c13-7-6-12(15-11-8-14-9-11)10-4-2-1-3-5-10/h1-5,11-12H,6,8-9H2. The molecule has 0 N–H and O–H groups in total. The highest BCUT2D eigenvalue weighted by atomic mass is 32.2. The molecule has 0 amide bonds. The first-order chi connectivity index (χ1) is 7.40. The first kappa shape index (κ1) is 10.5. The van der Waals surface area contributed by atoms with Crippen molar-refractivity contribution < 1.29 is 4.74 Å². The van der Waals surface area contributed by atoms with Gasteiger partial charge in [-0.25, -0.2) is 0 Å². The Bertz CT molecular complexity index is 342. The second-order valence-electron chi connectivity index (χ2n) is 3.56. The van der Waals surface area contributed by atoms with Crippen LogP contribution in [0.25, 0.3) is 0 Å². The van der Waals surface area contributed by atoms with Crippen molar-refractivity contribution in [1.29, 1.82) is 5.26 Å². The lowest BCUT2D eigenvalue weighted by Gasteiger charge is -2.28. The third-order valence-corrected chi connectivity index (χ3v) is 3.84. The second kappa shape index (κ2) is 5.20. The summed E-state index contributed by atoms with van der Waals surface area (Å²) in [6.07, 6.45) is 0.575. The van der Waals surface area contributed by atoms with E-state index in [-0.39, 0.29) is 0 Å². The molecule has 0 saturated carbocycles. The summed E-state index contributed by atoms with van der Waals surface area (Å²) in [5, 5.41) is 9.68. The van der Waals surface area contributed by atoms with E-state index in [1.807, 2.05) is 30.0 Å². The van der Waals surface area contributed by atoms with Crippen LogP contribution in [0.4, 0.5) is 0 Å². The molecule has 0 spiro atoms. The van der Waals surface area contributed by atoms with Gasteiger partial charge in [0.15, 0.2) is 0 Å². The van der Waals surface area contributed by atoms with Crippen LogP contribution in [-0.4, -0.2) is 18.5 Å². The van der Waals surface area contributed by atoms with Crippen LogP contribution in [0.15, 0.2) is 30.3 Å². The van der Waals surface area contributed by atoms with Gasteiger partial charge >= 0.3 is 0 Å². The first-order valence-corrected chi connectivity index (χ1v) is 5.99. The van der Waals surface area contributed by atoms with Crippen LogP contribution in [0.5, 0.6) is 0 Å². The van der Waals surface area contributed by atoms with Gasteiger partial charge in [0.2, 0.25) is 0 Å². The second-order valence-corrected chi connectivity index (χ2v) is 5.06. The number of hydrogen-bond acceptors (Lipinski definition) is 3. The van der Waals surface area contributed by atoms with E-state index >= 15 is 0 Å². The molecule has 1 heterocycles. The molecule has 0 radical (unpaired) electrons. The Labute approximate surface area is 94.2 Å². The van der Waals surface area contributed by atoms with Crippen molar-refractivity contribution in [2.24, 2.45) is 0 Å². The summed E-state index contributed by atoms with van der Waals surface area (Å²) >= 11 is 1.86. The maximum atomic E-state index is 8.81. The van der Waals surface area contributed by atoms with Crippen LogP contribution in [0, 0.1) is 11.3 Å². The number of nitriles is 1. The molecule has 15 heavy (non-hydrogen) atoms. The molecular formula is C12H13NOS. The molecule has 1 aromatic rings. The number of hydrogen-bond donors (Lipinski definition) is 0. The summed E-state index contributed by atoms with van der Waals surface area (Å²) in [6, 6.07) is 12.5. The van der Waals surface area contributed by atoms with Crippen LogP contribution >= 0.6 is 11.8 Å². The summed E-state index contributed by atoms with van der Waals surface area (Å²) in [4.78, 5) is 0. The monoisotopic (exact) mass is 219 g/mol. The smallest absolute Gasteiger partial charge is 0.0636 e. The highest BCUT2D eigenvalue weighted by Gasteiger charge is 2.24. The average Bonchev–Trinajstić information content (AvgIpc) is 2.23. The maximum Gasteiger partial charge on any atom is 0.0636 e.